The SMILES string of the molecule is CC(C)CNc1ccccc1CN. The average Bonchev–Trinajstić information content (AvgIpc) is 2.15. The van der Waals surface area contributed by atoms with Crippen LogP contribution < -0.4 is 11.1 Å². The van der Waals surface area contributed by atoms with Crippen molar-refractivity contribution in [3.63, 3.8) is 0 Å². The molecule has 72 valence electrons. The third kappa shape index (κ3) is 3.07. The van der Waals surface area contributed by atoms with Crippen molar-refractivity contribution in [1.82, 2.24) is 0 Å². The maximum Gasteiger partial charge on any atom is 0.0385 e. The van der Waals surface area contributed by atoms with Crippen LogP contribution in [-0.4, -0.2) is 6.54 Å². The van der Waals surface area contributed by atoms with Gasteiger partial charge in [0.05, 0.1) is 0 Å². The summed E-state index contributed by atoms with van der Waals surface area (Å²) in [6, 6.07) is 8.18. The van der Waals surface area contributed by atoms with E-state index in [-0.39, 0.29) is 0 Å². The summed E-state index contributed by atoms with van der Waals surface area (Å²) in [5, 5.41) is 3.38. The van der Waals surface area contributed by atoms with Crippen molar-refractivity contribution >= 4 is 5.69 Å². The third-order valence-electron chi connectivity index (χ3n) is 1.94. The summed E-state index contributed by atoms with van der Waals surface area (Å²) in [6.45, 7) is 5.98. The first-order valence-corrected chi connectivity index (χ1v) is 4.76. The summed E-state index contributed by atoms with van der Waals surface area (Å²) in [5.74, 6) is 0.658. The lowest BCUT2D eigenvalue weighted by Crippen LogP contribution is -2.10. The molecule has 0 aliphatic heterocycles. The minimum absolute atomic E-state index is 0.598. The molecule has 0 heterocycles. The molecule has 0 amide bonds. The number of para-hydroxylation sites is 1. The lowest BCUT2D eigenvalue weighted by Gasteiger charge is -2.12. The van der Waals surface area contributed by atoms with E-state index in [1.807, 2.05) is 12.1 Å². The number of hydrogen-bond acceptors (Lipinski definition) is 2. The van der Waals surface area contributed by atoms with Crippen molar-refractivity contribution in [3.05, 3.63) is 29.8 Å². The molecule has 3 N–H and O–H groups in total. The van der Waals surface area contributed by atoms with Crippen molar-refractivity contribution in [1.29, 1.82) is 0 Å². The first-order chi connectivity index (χ1) is 6.24. The van der Waals surface area contributed by atoms with Gasteiger partial charge in [-0.05, 0) is 17.5 Å². The van der Waals surface area contributed by atoms with E-state index in [4.69, 9.17) is 5.73 Å². The fourth-order valence-corrected chi connectivity index (χ4v) is 1.18. The van der Waals surface area contributed by atoms with Crippen molar-refractivity contribution in [3.8, 4) is 0 Å². The number of nitrogens with one attached hydrogen (secondary N) is 1. The number of nitrogens with two attached hydrogens (primary N) is 1. The van der Waals surface area contributed by atoms with Gasteiger partial charge in [0.1, 0.15) is 0 Å². The molecule has 0 spiro atoms. The summed E-state index contributed by atoms with van der Waals surface area (Å²) < 4.78 is 0. The van der Waals surface area contributed by atoms with Gasteiger partial charge in [-0.25, -0.2) is 0 Å². The third-order valence-corrected chi connectivity index (χ3v) is 1.94. The van der Waals surface area contributed by atoms with Gasteiger partial charge in [0.25, 0.3) is 0 Å². The fraction of sp³-hybridized carbons (Fsp3) is 0.455. The van der Waals surface area contributed by atoms with Gasteiger partial charge in [-0.2, -0.15) is 0 Å². The maximum absolute atomic E-state index is 5.62. The van der Waals surface area contributed by atoms with Crippen molar-refractivity contribution < 1.29 is 0 Å². The van der Waals surface area contributed by atoms with Gasteiger partial charge in [-0.1, -0.05) is 32.0 Å². The Hall–Kier alpha value is -1.02. The molecular formula is C11H18N2. The van der Waals surface area contributed by atoms with Gasteiger partial charge >= 0.3 is 0 Å². The average molecular weight is 178 g/mol. The number of anilines is 1. The zero-order valence-electron chi connectivity index (χ0n) is 8.38. The molecular weight excluding hydrogens is 160 g/mol. The molecule has 0 radical (unpaired) electrons. The molecule has 13 heavy (non-hydrogen) atoms. The van der Waals surface area contributed by atoms with E-state index in [0.29, 0.717) is 12.5 Å². The highest BCUT2D eigenvalue weighted by Gasteiger charge is 1.99. The van der Waals surface area contributed by atoms with Crippen LogP contribution in [0.15, 0.2) is 24.3 Å². The van der Waals surface area contributed by atoms with Gasteiger partial charge < -0.3 is 11.1 Å². The van der Waals surface area contributed by atoms with E-state index in [1.54, 1.807) is 0 Å². The predicted molar refractivity (Wildman–Crippen MR) is 57.7 cm³/mol. The fourth-order valence-electron chi connectivity index (χ4n) is 1.18. The van der Waals surface area contributed by atoms with Crippen LogP contribution in [0.5, 0.6) is 0 Å². The highest BCUT2D eigenvalue weighted by atomic mass is 14.9. The number of benzene rings is 1. The molecule has 0 saturated carbocycles. The number of hydrogen-bond donors (Lipinski definition) is 2. The van der Waals surface area contributed by atoms with E-state index in [1.165, 1.54) is 11.3 Å². The Kier molecular flexibility index (Phi) is 3.77. The maximum atomic E-state index is 5.62. The molecule has 0 aromatic heterocycles. The normalized spacial score (nSPS) is 10.5. The molecule has 2 nitrogen and oxygen atoms in total. The minimum Gasteiger partial charge on any atom is -0.385 e. The van der Waals surface area contributed by atoms with Crippen LogP contribution in [0, 0.1) is 5.92 Å². The van der Waals surface area contributed by atoms with Crippen LogP contribution >= 0.6 is 0 Å². The monoisotopic (exact) mass is 178 g/mol. The van der Waals surface area contributed by atoms with E-state index in [0.717, 1.165) is 6.54 Å². The molecule has 1 aromatic rings. The van der Waals surface area contributed by atoms with Gasteiger partial charge in [0, 0.05) is 18.8 Å². The van der Waals surface area contributed by atoms with Crippen LogP contribution in [0.25, 0.3) is 0 Å². The van der Waals surface area contributed by atoms with Crippen molar-refractivity contribution in [2.45, 2.75) is 20.4 Å². The summed E-state index contributed by atoms with van der Waals surface area (Å²) >= 11 is 0. The summed E-state index contributed by atoms with van der Waals surface area (Å²) in [7, 11) is 0. The van der Waals surface area contributed by atoms with Crippen LogP contribution in [0.1, 0.15) is 19.4 Å². The van der Waals surface area contributed by atoms with Gasteiger partial charge in [-0.3, -0.25) is 0 Å². The largest absolute Gasteiger partial charge is 0.385 e. The first-order valence-electron chi connectivity index (χ1n) is 4.76. The molecule has 1 rings (SSSR count). The van der Waals surface area contributed by atoms with Crippen LogP contribution in [0.3, 0.4) is 0 Å². The van der Waals surface area contributed by atoms with E-state index < -0.39 is 0 Å². The first kappa shape index (κ1) is 10.1. The Balaban J connectivity index is 2.64. The number of rotatable bonds is 4. The second-order valence-electron chi connectivity index (χ2n) is 3.64. The van der Waals surface area contributed by atoms with Gasteiger partial charge in [0.15, 0.2) is 0 Å². The molecule has 1 aromatic carbocycles. The lowest BCUT2D eigenvalue weighted by atomic mass is 10.1. The van der Waals surface area contributed by atoms with Gasteiger partial charge in [-0.15, -0.1) is 0 Å². The Morgan fingerprint density at radius 3 is 2.62 bits per heavy atom. The Labute approximate surface area is 80.1 Å². The second-order valence-corrected chi connectivity index (χ2v) is 3.64. The summed E-state index contributed by atoms with van der Waals surface area (Å²) in [4.78, 5) is 0. The zero-order valence-corrected chi connectivity index (χ0v) is 8.38. The smallest absolute Gasteiger partial charge is 0.0385 e. The predicted octanol–water partition coefficient (Wildman–Crippen LogP) is 2.21. The highest BCUT2D eigenvalue weighted by molar-refractivity contribution is 5.50. The minimum atomic E-state index is 0.598. The molecule has 0 aliphatic rings. The summed E-state index contributed by atoms with van der Waals surface area (Å²) in [5.41, 5.74) is 7.97. The Morgan fingerprint density at radius 2 is 2.00 bits per heavy atom. The van der Waals surface area contributed by atoms with Crippen molar-refractivity contribution in [2.24, 2.45) is 11.7 Å². The van der Waals surface area contributed by atoms with E-state index in [9.17, 15) is 0 Å². The molecule has 0 unspecified atom stereocenters. The quantitative estimate of drug-likeness (QED) is 0.742. The highest BCUT2D eigenvalue weighted by Crippen LogP contribution is 2.14. The molecule has 0 aliphatic carbocycles. The molecule has 0 bridgehead atoms. The van der Waals surface area contributed by atoms with Gasteiger partial charge in [0.2, 0.25) is 0 Å². The molecule has 0 saturated heterocycles. The topological polar surface area (TPSA) is 38.0 Å². The Bertz CT molecular complexity index is 256. The van der Waals surface area contributed by atoms with Crippen molar-refractivity contribution in [2.75, 3.05) is 11.9 Å². The van der Waals surface area contributed by atoms with Crippen LogP contribution in [0.4, 0.5) is 5.69 Å². The summed E-state index contributed by atoms with van der Waals surface area (Å²) in [6.07, 6.45) is 0. The van der Waals surface area contributed by atoms with Crippen LogP contribution in [-0.2, 0) is 6.54 Å². The molecule has 2 heteroatoms. The van der Waals surface area contributed by atoms with Crippen LogP contribution in [0.2, 0.25) is 0 Å². The van der Waals surface area contributed by atoms with E-state index in [2.05, 4.69) is 31.3 Å². The standard InChI is InChI=1S/C11H18N2/c1-9(2)8-13-11-6-4-3-5-10(11)7-12/h3-6,9,13H,7-8,12H2,1-2H3. The second kappa shape index (κ2) is 4.87. The lowest BCUT2D eigenvalue weighted by molar-refractivity contribution is 0.688. The van der Waals surface area contributed by atoms with E-state index >= 15 is 0 Å². The Morgan fingerprint density at radius 1 is 1.31 bits per heavy atom. The zero-order chi connectivity index (χ0) is 9.68. The molecule has 0 atom stereocenters. The molecule has 0 fully saturated rings.